The Hall–Kier alpha value is -1.95. The van der Waals surface area contributed by atoms with Gasteiger partial charge < -0.3 is 9.47 Å². The zero-order valence-electron chi connectivity index (χ0n) is 12.9. The van der Waals surface area contributed by atoms with Gasteiger partial charge in [-0.3, -0.25) is 14.9 Å². The first-order valence-corrected chi connectivity index (χ1v) is 7.36. The van der Waals surface area contributed by atoms with Crippen molar-refractivity contribution < 1.29 is 19.2 Å². The van der Waals surface area contributed by atoms with Gasteiger partial charge >= 0.3 is 5.97 Å². The SMILES string of the molecule is COC(=O)CC1(OC)CCC(c2ccc([N+](=O)[O-])cc2)CC1. The number of nitro benzene ring substituents is 1. The summed E-state index contributed by atoms with van der Waals surface area (Å²) in [6.45, 7) is 0. The highest BCUT2D eigenvalue weighted by atomic mass is 16.6. The smallest absolute Gasteiger partial charge is 0.308 e. The number of methoxy groups -OCH3 is 2. The van der Waals surface area contributed by atoms with Crippen LogP contribution < -0.4 is 0 Å². The quantitative estimate of drug-likeness (QED) is 0.474. The van der Waals surface area contributed by atoms with Crippen molar-refractivity contribution in [2.75, 3.05) is 14.2 Å². The maximum atomic E-state index is 11.5. The third-order valence-corrected chi connectivity index (χ3v) is 4.60. The summed E-state index contributed by atoms with van der Waals surface area (Å²) in [5.74, 6) is 0.0948. The molecule has 1 fully saturated rings. The zero-order chi connectivity index (χ0) is 16.2. The molecule has 6 nitrogen and oxygen atoms in total. The summed E-state index contributed by atoms with van der Waals surface area (Å²) in [6.07, 6.45) is 3.61. The van der Waals surface area contributed by atoms with Crippen molar-refractivity contribution in [3.63, 3.8) is 0 Å². The molecule has 120 valence electrons. The van der Waals surface area contributed by atoms with Crippen molar-refractivity contribution in [1.82, 2.24) is 0 Å². The van der Waals surface area contributed by atoms with E-state index < -0.39 is 10.5 Å². The Bertz CT molecular complexity index is 532. The van der Waals surface area contributed by atoms with Crippen LogP contribution in [0.3, 0.4) is 0 Å². The normalized spacial score (nSPS) is 24.7. The molecule has 1 aliphatic carbocycles. The fourth-order valence-corrected chi connectivity index (χ4v) is 3.13. The predicted octanol–water partition coefficient (Wildman–Crippen LogP) is 3.20. The van der Waals surface area contributed by atoms with Gasteiger partial charge in [0, 0.05) is 19.2 Å². The minimum atomic E-state index is -0.440. The number of esters is 1. The number of hydrogen-bond donors (Lipinski definition) is 0. The van der Waals surface area contributed by atoms with Gasteiger partial charge in [-0.2, -0.15) is 0 Å². The number of nitro groups is 1. The molecule has 6 heteroatoms. The Morgan fingerprint density at radius 1 is 1.27 bits per heavy atom. The summed E-state index contributed by atoms with van der Waals surface area (Å²) >= 11 is 0. The molecular formula is C16H21NO5. The highest BCUT2D eigenvalue weighted by molar-refractivity contribution is 5.70. The standard InChI is InChI=1S/C16H21NO5/c1-21-15(18)11-16(22-2)9-7-13(8-10-16)12-3-5-14(6-4-12)17(19)20/h3-6,13H,7-11H2,1-2H3. The van der Waals surface area contributed by atoms with Crippen LogP contribution in [-0.4, -0.2) is 30.7 Å². The highest BCUT2D eigenvalue weighted by Gasteiger charge is 2.38. The van der Waals surface area contributed by atoms with Gasteiger partial charge in [0.2, 0.25) is 0 Å². The first-order valence-electron chi connectivity index (χ1n) is 7.36. The van der Waals surface area contributed by atoms with Gasteiger partial charge in [0.25, 0.3) is 5.69 Å². The molecular weight excluding hydrogens is 286 g/mol. The van der Waals surface area contributed by atoms with Crippen LogP contribution in [0.2, 0.25) is 0 Å². The Morgan fingerprint density at radius 2 is 1.86 bits per heavy atom. The average Bonchev–Trinajstić information content (AvgIpc) is 2.55. The lowest BCUT2D eigenvalue weighted by molar-refractivity contribution is -0.384. The summed E-state index contributed by atoms with van der Waals surface area (Å²) < 4.78 is 10.3. The molecule has 1 aromatic carbocycles. The number of ether oxygens (including phenoxy) is 2. The van der Waals surface area contributed by atoms with Gasteiger partial charge in [0.05, 0.1) is 24.1 Å². The lowest BCUT2D eigenvalue weighted by Crippen LogP contribution is -2.38. The van der Waals surface area contributed by atoms with Crippen molar-refractivity contribution >= 4 is 11.7 Å². The second-order valence-corrected chi connectivity index (χ2v) is 5.76. The first kappa shape index (κ1) is 16.4. The molecule has 0 aromatic heterocycles. The van der Waals surface area contributed by atoms with Crippen molar-refractivity contribution in [1.29, 1.82) is 0 Å². The fourth-order valence-electron chi connectivity index (χ4n) is 3.13. The third-order valence-electron chi connectivity index (χ3n) is 4.60. The van der Waals surface area contributed by atoms with Gasteiger partial charge in [0.1, 0.15) is 0 Å². The lowest BCUT2D eigenvalue weighted by atomic mass is 9.74. The van der Waals surface area contributed by atoms with E-state index in [4.69, 9.17) is 9.47 Å². The molecule has 0 atom stereocenters. The summed E-state index contributed by atoms with van der Waals surface area (Å²) in [5, 5.41) is 10.7. The van der Waals surface area contributed by atoms with Crippen molar-refractivity contribution in [2.45, 2.75) is 43.6 Å². The molecule has 0 spiro atoms. The monoisotopic (exact) mass is 307 g/mol. The van der Waals surface area contributed by atoms with E-state index in [0.717, 1.165) is 31.2 Å². The van der Waals surface area contributed by atoms with Gasteiger partial charge in [0.15, 0.2) is 0 Å². The van der Waals surface area contributed by atoms with E-state index in [1.54, 1.807) is 19.2 Å². The zero-order valence-corrected chi connectivity index (χ0v) is 12.9. The van der Waals surface area contributed by atoms with Crippen LogP contribution in [-0.2, 0) is 14.3 Å². The van der Waals surface area contributed by atoms with E-state index in [-0.39, 0.29) is 18.1 Å². The number of benzene rings is 1. The van der Waals surface area contributed by atoms with Crippen LogP contribution in [0, 0.1) is 10.1 Å². The van der Waals surface area contributed by atoms with E-state index in [1.807, 2.05) is 12.1 Å². The number of carbonyl (C=O) groups excluding carboxylic acids is 1. The first-order chi connectivity index (χ1) is 10.5. The summed E-state index contributed by atoms with van der Waals surface area (Å²) in [7, 11) is 3.02. The molecule has 0 saturated heterocycles. The minimum absolute atomic E-state index is 0.108. The Balaban J connectivity index is 2.01. The molecule has 1 aliphatic rings. The second kappa shape index (κ2) is 6.87. The largest absolute Gasteiger partial charge is 0.469 e. The lowest BCUT2D eigenvalue weighted by Gasteiger charge is -2.38. The van der Waals surface area contributed by atoms with Crippen LogP contribution in [0.1, 0.15) is 43.6 Å². The maximum absolute atomic E-state index is 11.5. The third kappa shape index (κ3) is 3.62. The van der Waals surface area contributed by atoms with Gasteiger partial charge in [-0.05, 0) is 37.2 Å². The van der Waals surface area contributed by atoms with Crippen LogP contribution in [0.15, 0.2) is 24.3 Å². The number of non-ortho nitro benzene ring substituents is 1. The molecule has 0 N–H and O–H groups in total. The minimum Gasteiger partial charge on any atom is -0.469 e. The summed E-state index contributed by atoms with van der Waals surface area (Å²) in [4.78, 5) is 21.8. The van der Waals surface area contributed by atoms with Gasteiger partial charge in [-0.15, -0.1) is 0 Å². The number of nitrogens with zero attached hydrogens (tertiary/aromatic N) is 1. The summed E-state index contributed by atoms with van der Waals surface area (Å²) in [6, 6.07) is 6.73. The Kier molecular flexibility index (Phi) is 5.13. The topological polar surface area (TPSA) is 78.7 Å². The molecule has 22 heavy (non-hydrogen) atoms. The van der Waals surface area contributed by atoms with E-state index in [2.05, 4.69) is 0 Å². The number of carbonyl (C=O) groups is 1. The molecule has 1 aromatic rings. The average molecular weight is 307 g/mol. The van der Waals surface area contributed by atoms with E-state index in [1.165, 1.54) is 7.11 Å². The van der Waals surface area contributed by atoms with Crippen LogP contribution in [0.4, 0.5) is 5.69 Å². The number of hydrogen-bond acceptors (Lipinski definition) is 5. The molecule has 0 amide bonds. The molecule has 0 unspecified atom stereocenters. The highest BCUT2D eigenvalue weighted by Crippen LogP contribution is 2.41. The van der Waals surface area contributed by atoms with Crippen LogP contribution in [0.5, 0.6) is 0 Å². The molecule has 0 bridgehead atoms. The van der Waals surface area contributed by atoms with Crippen LogP contribution in [0.25, 0.3) is 0 Å². The summed E-state index contributed by atoms with van der Waals surface area (Å²) in [5.41, 5.74) is 0.773. The van der Waals surface area contributed by atoms with Crippen molar-refractivity contribution in [2.24, 2.45) is 0 Å². The second-order valence-electron chi connectivity index (χ2n) is 5.76. The van der Waals surface area contributed by atoms with Crippen molar-refractivity contribution in [3.05, 3.63) is 39.9 Å². The van der Waals surface area contributed by atoms with E-state index in [0.29, 0.717) is 5.92 Å². The van der Waals surface area contributed by atoms with Crippen molar-refractivity contribution in [3.8, 4) is 0 Å². The predicted molar refractivity (Wildman–Crippen MR) is 80.7 cm³/mol. The molecule has 0 heterocycles. The molecule has 1 saturated carbocycles. The van der Waals surface area contributed by atoms with Gasteiger partial charge in [-0.25, -0.2) is 0 Å². The van der Waals surface area contributed by atoms with E-state index >= 15 is 0 Å². The van der Waals surface area contributed by atoms with Gasteiger partial charge in [-0.1, -0.05) is 12.1 Å². The number of rotatable bonds is 5. The Labute approximate surface area is 129 Å². The Morgan fingerprint density at radius 3 is 2.32 bits per heavy atom. The molecule has 0 radical (unpaired) electrons. The van der Waals surface area contributed by atoms with E-state index in [9.17, 15) is 14.9 Å². The maximum Gasteiger partial charge on any atom is 0.308 e. The molecule has 2 rings (SSSR count). The fraction of sp³-hybridized carbons (Fsp3) is 0.562. The van der Waals surface area contributed by atoms with Crippen LogP contribution >= 0.6 is 0 Å². The molecule has 0 aliphatic heterocycles.